The number of carbonyl (C=O) groups is 2. The number of fused-ring (bicyclic) bond motifs is 2. The normalized spacial score (nSPS) is 18.8. The second-order valence-corrected chi connectivity index (χ2v) is 11.5. The van der Waals surface area contributed by atoms with E-state index in [0.29, 0.717) is 40.9 Å². The predicted octanol–water partition coefficient (Wildman–Crippen LogP) is 0.878. The van der Waals surface area contributed by atoms with E-state index >= 15 is 0 Å². The Kier molecular flexibility index (Phi) is 6.74. The molecular formula is C25H28N6O6S. The molecule has 1 aromatic carbocycles. The van der Waals surface area contributed by atoms with Gasteiger partial charge in [0.1, 0.15) is 10.8 Å². The maximum absolute atomic E-state index is 13.6. The Hall–Kier alpha value is -3.70. The SMILES string of the molecule is C#Cc1ccc2[nH]c(S(=O)(=O)N3CCN(C(=O)c4nc5c(o4)CN(O)CC5)C(CC(=O)N(C)C)C3)cc2c1. The maximum Gasteiger partial charge on any atom is 0.310 e. The van der Waals surface area contributed by atoms with E-state index in [4.69, 9.17) is 10.8 Å². The summed E-state index contributed by atoms with van der Waals surface area (Å²) in [5.41, 5.74) is 1.87. The Morgan fingerprint density at radius 2 is 2.05 bits per heavy atom. The van der Waals surface area contributed by atoms with Crippen LogP contribution >= 0.6 is 0 Å². The third-order valence-electron chi connectivity index (χ3n) is 6.89. The Bertz CT molecular complexity index is 1550. The smallest absolute Gasteiger partial charge is 0.310 e. The number of nitrogens with one attached hydrogen (secondary N) is 1. The monoisotopic (exact) mass is 540 g/mol. The van der Waals surface area contributed by atoms with Gasteiger partial charge in [0, 0.05) is 69.6 Å². The van der Waals surface area contributed by atoms with Crippen molar-refractivity contribution in [3.05, 3.63) is 47.2 Å². The highest BCUT2D eigenvalue weighted by atomic mass is 32.2. The van der Waals surface area contributed by atoms with Gasteiger partial charge in [-0.3, -0.25) is 9.59 Å². The quantitative estimate of drug-likeness (QED) is 0.454. The van der Waals surface area contributed by atoms with Crippen molar-refractivity contribution in [2.45, 2.75) is 30.5 Å². The van der Waals surface area contributed by atoms with E-state index in [2.05, 4.69) is 15.9 Å². The molecule has 12 nitrogen and oxygen atoms in total. The number of hydroxylamine groups is 2. The van der Waals surface area contributed by atoms with Crippen LogP contribution in [0.1, 0.15) is 34.1 Å². The van der Waals surface area contributed by atoms with Crippen molar-refractivity contribution < 1.29 is 27.6 Å². The van der Waals surface area contributed by atoms with E-state index in [9.17, 15) is 23.2 Å². The highest BCUT2D eigenvalue weighted by Crippen LogP contribution is 2.27. The van der Waals surface area contributed by atoms with Gasteiger partial charge >= 0.3 is 5.91 Å². The van der Waals surface area contributed by atoms with Crippen LogP contribution in [0.3, 0.4) is 0 Å². The molecule has 2 aliphatic heterocycles. The van der Waals surface area contributed by atoms with Crippen molar-refractivity contribution in [1.82, 2.24) is 29.1 Å². The second-order valence-electron chi connectivity index (χ2n) is 9.61. The third kappa shape index (κ3) is 4.79. The zero-order chi connectivity index (χ0) is 27.2. The van der Waals surface area contributed by atoms with E-state index in [-0.39, 0.29) is 49.4 Å². The molecule has 2 amide bonds. The molecule has 1 saturated heterocycles. The lowest BCUT2D eigenvalue weighted by Gasteiger charge is -2.40. The van der Waals surface area contributed by atoms with Gasteiger partial charge in [-0.1, -0.05) is 5.92 Å². The number of H-pyrrole nitrogens is 1. The van der Waals surface area contributed by atoms with E-state index in [1.54, 1.807) is 32.3 Å². The molecule has 0 spiro atoms. The van der Waals surface area contributed by atoms with Gasteiger partial charge in [0.2, 0.25) is 5.91 Å². The Labute approximate surface area is 219 Å². The lowest BCUT2D eigenvalue weighted by Crippen LogP contribution is -2.57. The van der Waals surface area contributed by atoms with Crippen LogP contribution in [-0.4, -0.2) is 101 Å². The fourth-order valence-corrected chi connectivity index (χ4v) is 6.22. The molecule has 200 valence electrons. The number of terminal acetylenes is 1. The standard InChI is InChI=1S/C25H28N6O6S/c1-4-16-5-6-19-17(11-16)12-22(26-19)38(35,36)30-9-10-31(18(14-30)13-23(32)28(2)3)25(33)24-27-20-7-8-29(34)15-21(20)37-24/h1,5-6,11-12,18,26,34H,7-10,13-15H2,2-3H3. The fourth-order valence-electron chi connectivity index (χ4n) is 4.74. The Balaban J connectivity index is 1.41. The number of carbonyl (C=O) groups excluding carboxylic acids is 2. The molecule has 0 aliphatic carbocycles. The first-order valence-electron chi connectivity index (χ1n) is 12.1. The highest BCUT2D eigenvalue weighted by molar-refractivity contribution is 7.89. The number of nitrogens with zero attached hydrogens (tertiary/aromatic N) is 5. The minimum atomic E-state index is -3.96. The number of hydrogen-bond donors (Lipinski definition) is 2. The summed E-state index contributed by atoms with van der Waals surface area (Å²) in [6, 6.07) is 5.97. The first-order valence-corrected chi connectivity index (χ1v) is 13.5. The number of piperazine rings is 1. The van der Waals surface area contributed by atoms with E-state index in [0.717, 1.165) is 5.06 Å². The van der Waals surface area contributed by atoms with E-state index < -0.39 is 22.0 Å². The summed E-state index contributed by atoms with van der Waals surface area (Å²) in [7, 11) is -0.762. The second kappa shape index (κ2) is 9.88. The summed E-state index contributed by atoms with van der Waals surface area (Å²) in [6.07, 6.45) is 5.83. The summed E-state index contributed by atoms with van der Waals surface area (Å²) in [5, 5.41) is 11.5. The molecule has 2 aromatic heterocycles. The van der Waals surface area contributed by atoms with Gasteiger partial charge in [0.15, 0.2) is 0 Å². The minimum Gasteiger partial charge on any atom is -0.436 e. The van der Waals surface area contributed by atoms with E-state index in [1.807, 2.05) is 0 Å². The predicted molar refractivity (Wildman–Crippen MR) is 136 cm³/mol. The van der Waals surface area contributed by atoms with Crippen LogP contribution < -0.4 is 0 Å². The number of aromatic nitrogens is 2. The first-order chi connectivity index (χ1) is 18.1. The number of sulfonamides is 1. The lowest BCUT2D eigenvalue weighted by molar-refractivity contribution is -0.130. The molecule has 1 unspecified atom stereocenters. The average molecular weight is 541 g/mol. The van der Waals surface area contributed by atoms with Gasteiger partial charge in [-0.25, -0.2) is 13.4 Å². The minimum absolute atomic E-state index is 0.00747. The molecular weight excluding hydrogens is 512 g/mol. The summed E-state index contributed by atoms with van der Waals surface area (Å²) < 4.78 is 34.1. The van der Waals surface area contributed by atoms with Crippen LogP contribution in [0, 0.1) is 12.3 Å². The molecule has 0 radical (unpaired) electrons. The average Bonchev–Trinajstić information content (AvgIpc) is 3.52. The van der Waals surface area contributed by atoms with Gasteiger partial charge in [-0.05, 0) is 24.3 Å². The van der Waals surface area contributed by atoms with Gasteiger partial charge in [-0.2, -0.15) is 9.37 Å². The number of rotatable bonds is 5. The van der Waals surface area contributed by atoms with Gasteiger partial charge in [0.05, 0.1) is 18.3 Å². The van der Waals surface area contributed by atoms with Crippen LogP contribution in [0.15, 0.2) is 33.7 Å². The first kappa shape index (κ1) is 25.9. The molecule has 3 aromatic rings. The van der Waals surface area contributed by atoms with Crippen molar-refractivity contribution in [2.75, 3.05) is 40.3 Å². The van der Waals surface area contributed by atoms with Crippen molar-refractivity contribution >= 4 is 32.7 Å². The van der Waals surface area contributed by atoms with Crippen molar-refractivity contribution in [1.29, 1.82) is 0 Å². The number of hydrogen-bond acceptors (Lipinski definition) is 8. The molecule has 2 N–H and O–H groups in total. The molecule has 13 heteroatoms. The summed E-state index contributed by atoms with van der Waals surface area (Å²) >= 11 is 0. The Morgan fingerprint density at radius 1 is 1.26 bits per heavy atom. The van der Waals surface area contributed by atoms with Crippen molar-refractivity contribution in [3.63, 3.8) is 0 Å². The fraction of sp³-hybridized carbons (Fsp3) is 0.400. The summed E-state index contributed by atoms with van der Waals surface area (Å²) in [6.45, 7) is 0.489. The molecule has 4 heterocycles. The third-order valence-corrected chi connectivity index (χ3v) is 8.68. The molecule has 1 atom stereocenters. The molecule has 0 bridgehead atoms. The summed E-state index contributed by atoms with van der Waals surface area (Å²) in [4.78, 5) is 36.2. The zero-order valence-corrected chi connectivity index (χ0v) is 21.9. The largest absolute Gasteiger partial charge is 0.436 e. The van der Waals surface area contributed by atoms with Crippen LogP contribution in [0.5, 0.6) is 0 Å². The molecule has 2 aliphatic rings. The number of aromatic amines is 1. The molecule has 5 rings (SSSR count). The highest BCUT2D eigenvalue weighted by Gasteiger charge is 2.40. The van der Waals surface area contributed by atoms with Crippen LogP contribution in [0.4, 0.5) is 0 Å². The molecule has 0 saturated carbocycles. The number of oxazole rings is 1. The number of amides is 2. The summed E-state index contributed by atoms with van der Waals surface area (Å²) in [5.74, 6) is 2.04. The van der Waals surface area contributed by atoms with Crippen molar-refractivity contribution in [3.8, 4) is 12.3 Å². The number of benzene rings is 1. The topological polar surface area (TPSA) is 143 Å². The van der Waals surface area contributed by atoms with Gasteiger partial charge in [0.25, 0.3) is 15.9 Å². The molecule has 1 fully saturated rings. The maximum atomic E-state index is 13.6. The van der Waals surface area contributed by atoms with Crippen LogP contribution in [0.2, 0.25) is 0 Å². The van der Waals surface area contributed by atoms with E-state index in [1.165, 1.54) is 20.2 Å². The lowest BCUT2D eigenvalue weighted by atomic mass is 10.1. The van der Waals surface area contributed by atoms with Crippen molar-refractivity contribution in [2.24, 2.45) is 0 Å². The van der Waals surface area contributed by atoms with Crippen LogP contribution in [0.25, 0.3) is 10.9 Å². The van der Waals surface area contributed by atoms with Gasteiger partial charge in [-0.15, -0.1) is 6.42 Å². The van der Waals surface area contributed by atoms with Gasteiger partial charge < -0.3 is 24.4 Å². The molecule has 38 heavy (non-hydrogen) atoms. The zero-order valence-electron chi connectivity index (χ0n) is 21.0. The van der Waals surface area contributed by atoms with Crippen LogP contribution in [-0.2, 0) is 27.8 Å². The Morgan fingerprint density at radius 3 is 2.79 bits per heavy atom.